The summed E-state index contributed by atoms with van der Waals surface area (Å²) in [6.45, 7) is 4.40. The van der Waals surface area contributed by atoms with Crippen molar-refractivity contribution < 1.29 is 9.53 Å². The summed E-state index contributed by atoms with van der Waals surface area (Å²) in [4.78, 5) is 23.7. The van der Waals surface area contributed by atoms with Gasteiger partial charge in [-0.2, -0.15) is 4.98 Å². The lowest BCUT2D eigenvalue weighted by Crippen LogP contribution is -2.29. The third-order valence-corrected chi connectivity index (χ3v) is 6.82. The van der Waals surface area contributed by atoms with Gasteiger partial charge in [0.2, 0.25) is 11.8 Å². The number of aromatic nitrogens is 2. The number of carbonyl (C=O) groups is 1. The van der Waals surface area contributed by atoms with Crippen molar-refractivity contribution in [2.75, 3.05) is 32.6 Å². The van der Waals surface area contributed by atoms with Gasteiger partial charge in [0.05, 0.1) is 12.8 Å². The molecule has 4 rings (SSSR count). The van der Waals surface area contributed by atoms with Crippen molar-refractivity contribution in [1.29, 1.82) is 0 Å². The third kappa shape index (κ3) is 5.02. The number of nitrogens with two attached hydrogens (primary N) is 1. The number of halogens is 1. The van der Waals surface area contributed by atoms with E-state index in [0.29, 0.717) is 17.6 Å². The fourth-order valence-electron chi connectivity index (χ4n) is 4.37. The Hall–Kier alpha value is -2.97. The van der Waals surface area contributed by atoms with E-state index < -0.39 is 5.91 Å². The highest BCUT2D eigenvalue weighted by molar-refractivity contribution is 9.10. The zero-order valence-electron chi connectivity index (χ0n) is 19.1. The monoisotopic (exact) mass is 509 g/mol. The zero-order chi connectivity index (χ0) is 23.5. The minimum Gasteiger partial charge on any atom is -0.480 e. The van der Waals surface area contributed by atoms with E-state index >= 15 is 0 Å². The first-order valence-electron chi connectivity index (χ1n) is 10.9. The Labute approximate surface area is 202 Å². The maximum atomic E-state index is 12.2. The van der Waals surface area contributed by atoms with E-state index in [0.717, 1.165) is 28.8 Å². The van der Waals surface area contributed by atoms with Gasteiger partial charge in [0.15, 0.2) is 0 Å². The molecule has 0 unspecified atom stereocenters. The zero-order valence-corrected chi connectivity index (χ0v) is 20.6. The van der Waals surface area contributed by atoms with Gasteiger partial charge in [0.25, 0.3) is 5.91 Å². The van der Waals surface area contributed by atoms with Gasteiger partial charge in [-0.1, -0.05) is 40.2 Å². The SMILES string of the molecule is COc1nc(Nc2ccc(C3CCN(C)CC3)c(C)c2)nc(-c2ccccc2Br)c1C(N)=O. The van der Waals surface area contributed by atoms with Crippen LogP contribution in [-0.2, 0) is 0 Å². The first kappa shape index (κ1) is 23.2. The van der Waals surface area contributed by atoms with Crippen LogP contribution >= 0.6 is 15.9 Å². The quantitative estimate of drug-likeness (QED) is 0.491. The van der Waals surface area contributed by atoms with Gasteiger partial charge in [0, 0.05) is 15.7 Å². The van der Waals surface area contributed by atoms with E-state index in [1.807, 2.05) is 24.3 Å². The highest BCUT2D eigenvalue weighted by Gasteiger charge is 2.23. The predicted molar refractivity (Wildman–Crippen MR) is 134 cm³/mol. The van der Waals surface area contributed by atoms with Gasteiger partial charge in [-0.3, -0.25) is 4.79 Å². The van der Waals surface area contributed by atoms with Crippen LogP contribution in [0.1, 0.15) is 40.2 Å². The lowest BCUT2D eigenvalue weighted by Gasteiger charge is -2.30. The van der Waals surface area contributed by atoms with Crippen molar-refractivity contribution in [3.05, 3.63) is 63.6 Å². The highest BCUT2D eigenvalue weighted by atomic mass is 79.9. The predicted octanol–water partition coefficient (Wildman–Crippen LogP) is 4.87. The molecule has 2 aromatic carbocycles. The second-order valence-corrected chi connectivity index (χ2v) is 9.25. The number of hydrogen-bond acceptors (Lipinski definition) is 6. The number of benzene rings is 2. The number of amides is 1. The van der Waals surface area contributed by atoms with Gasteiger partial charge in [-0.05, 0) is 75.1 Å². The van der Waals surface area contributed by atoms with Crippen LogP contribution in [0.25, 0.3) is 11.3 Å². The molecule has 0 atom stereocenters. The Bertz CT molecular complexity index is 1180. The van der Waals surface area contributed by atoms with Crippen LogP contribution in [0.4, 0.5) is 11.6 Å². The Balaban J connectivity index is 1.68. The fraction of sp³-hybridized carbons (Fsp3) is 0.320. The van der Waals surface area contributed by atoms with Crippen LogP contribution in [0.2, 0.25) is 0 Å². The lowest BCUT2D eigenvalue weighted by molar-refractivity contribution is 0.0997. The molecular weight excluding hydrogens is 482 g/mol. The molecule has 0 saturated carbocycles. The van der Waals surface area contributed by atoms with Crippen molar-refractivity contribution in [2.45, 2.75) is 25.7 Å². The summed E-state index contributed by atoms with van der Waals surface area (Å²) in [5, 5.41) is 3.27. The molecule has 0 aliphatic carbocycles. The molecule has 1 aliphatic heterocycles. The Morgan fingerprint density at radius 2 is 1.91 bits per heavy atom. The van der Waals surface area contributed by atoms with Crippen LogP contribution in [0.5, 0.6) is 5.88 Å². The third-order valence-electron chi connectivity index (χ3n) is 6.13. The number of hydrogen-bond donors (Lipinski definition) is 2. The summed E-state index contributed by atoms with van der Waals surface area (Å²) in [5.74, 6) is 0.394. The number of anilines is 2. The first-order chi connectivity index (χ1) is 15.9. The highest BCUT2D eigenvalue weighted by Crippen LogP contribution is 2.35. The van der Waals surface area contributed by atoms with E-state index in [2.05, 4.69) is 68.3 Å². The summed E-state index contributed by atoms with van der Waals surface area (Å²) in [6.07, 6.45) is 2.35. The number of nitrogens with zero attached hydrogens (tertiary/aromatic N) is 3. The molecule has 1 fully saturated rings. The summed E-state index contributed by atoms with van der Waals surface area (Å²) in [7, 11) is 3.64. The van der Waals surface area contributed by atoms with Crippen LogP contribution < -0.4 is 15.8 Å². The molecule has 8 heteroatoms. The number of piperidine rings is 1. The van der Waals surface area contributed by atoms with Gasteiger partial charge in [-0.15, -0.1) is 0 Å². The summed E-state index contributed by atoms with van der Waals surface area (Å²) in [5.41, 5.74) is 10.4. The lowest BCUT2D eigenvalue weighted by atomic mass is 9.87. The summed E-state index contributed by atoms with van der Waals surface area (Å²) in [6, 6.07) is 13.9. The van der Waals surface area contributed by atoms with Crippen LogP contribution in [0.3, 0.4) is 0 Å². The average Bonchev–Trinajstić information content (AvgIpc) is 2.79. The number of nitrogens with one attached hydrogen (secondary N) is 1. The smallest absolute Gasteiger partial charge is 0.256 e. The van der Waals surface area contributed by atoms with E-state index in [-0.39, 0.29) is 11.4 Å². The Morgan fingerprint density at radius 3 is 2.55 bits per heavy atom. The number of ether oxygens (including phenoxy) is 1. The molecule has 3 N–H and O–H groups in total. The molecule has 1 aliphatic rings. The molecule has 0 spiro atoms. The summed E-state index contributed by atoms with van der Waals surface area (Å²) < 4.78 is 6.20. The molecular formula is C25H28BrN5O2. The molecule has 1 saturated heterocycles. The summed E-state index contributed by atoms with van der Waals surface area (Å²) >= 11 is 3.54. The Kier molecular flexibility index (Phi) is 6.95. The molecule has 1 amide bonds. The maximum Gasteiger partial charge on any atom is 0.256 e. The number of rotatable bonds is 6. The molecule has 0 bridgehead atoms. The minimum absolute atomic E-state index is 0.130. The maximum absolute atomic E-state index is 12.2. The largest absolute Gasteiger partial charge is 0.480 e. The average molecular weight is 510 g/mol. The van der Waals surface area contributed by atoms with E-state index in [1.54, 1.807) is 0 Å². The second-order valence-electron chi connectivity index (χ2n) is 8.40. The van der Waals surface area contributed by atoms with Gasteiger partial charge < -0.3 is 20.7 Å². The van der Waals surface area contributed by atoms with Gasteiger partial charge in [-0.25, -0.2) is 4.98 Å². The topological polar surface area (TPSA) is 93.4 Å². The van der Waals surface area contributed by atoms with Crippen molar-refractivity contribution in [1.82, 2.24) is 14.9 Å². The molecule has 2 heterocycles. The molecule has 7 nitrogen and oxygen atoms in total. The number of methoxy groups -OCH3 is 1. The standard InChI is InChI=1S/C25H28BrN5O2/c1-15-14-17(8-9-18(15)16-10-12-31(2)13-11-16)28-25-29-22(19-6-4-5-7-20(19)26)21(23(27)32)24(30-25)33-3/h4-9,14,16H,10-13H2,1-3H3,(H2,27,32)(H,28,29,30). The number of likely N-dealkylation sites (tertiary alicyclic amines) is 1. The number of aryl methyl sites for hydroxylation is 1. The minimum atomic E-state index is -0.650. The van der Waals surface area contributed by atoms with Gasteiger partial charge >= 0.3 is 0 Å². The van der Waals surface area contributed by atoms with E-state index in [9.17, 15) is 4.79 Å². The van der Waals surface area contributed by atoms with Crippen molar-refractivity contribution >= 4 is 33.5 Å². The van der Waals surface area contributed by atoms with Gasteiger partial charge in [0.1, 0.15) is 5.56 Å². The molecule has 1 aromatic heterocycles. The first-order valence-corrected chi connectivity index (χ1v) is 11.7. The second kappa shape index (κ2) is 9.89. The van der Waals surface area contributed by atoms with Crippen molar-refractivity contribution in [2.24, 2.45) is 5.73 Å². The van der Waals surface area contributed by atoms with Crippen LogP contribution in [0.15, 0.2) is 46.9 Å². The van der Waals surface area contributed by atoms with E-state index in [1.165, 1.54) is 31.1 Å². The van der Waals surface area contributed by atoms with E-state index in [4.69, 9.17) is 10.5 Å². The molecule has 0 radical (unpaired) electrons. The molecule has 33 heavy (non-hydrogen) atoms. The van der Waals surface area contributed by atoms with Crippen molar-refractivity contribution in [3.8, 4) is 17.1 Å². The van der Waals surface area contributed by atoms with Crippen LogP contribution in [0, 0.1) is 6.92 Å². The van der Waals surface area contributed by atoms with Crippen LogP contribution in [-0.4, -0.2) is 48.0 Å². The molecule has 3 aromatic rings. The molecule has 172 valence electrons. The number of primary amides is 1. The fourth-order valence-corrected chi connectivity index (χ4v) is 4.85. The normalized spacial score (nSPS) is 14.8. The number of carbonyl (C=O) groups excluding carboxylic acids is 1. The Morgan fingerprint density at radius 1 is 1.18 bits per heavy atom. The van der Waals surface area contributed by atoms with Crippen molar-refractivity contribution in [3.63, 3.8) is 0 Å².